The smallest absolute Gasteiger partial charge is 0.309 e. The van der Waals surface area contributed by atoms with E-state index in [9.17, 15) is 4.79 Å². The van der Waals surface area contributed by atoms with Gasteiger partial charge in [0.2, 0.25) is 0 Å². The van der Waals surface area contributed by atoms with Gasteiger partial charge in [0.25, 0.3) is 0 Å². The van der Waals surface area contributed by atoms with Gasteiger partial charge in [-0.1, -0.05) is 13.8 Å². The average molecular weight is 371 g/mol. The quantitative estimate of drug-likeness (QED) is 0.480. The fraction of sp³-hybridized carbons (Fsp3) is 0.960. The molecular formula is C25H38O2. The van der Waals surface area contributed by atoms with Gasteiger partial charge in [-0.25, -0.2) is 0 Å². The van der Waals surface area contributed by atoms with Gasteiger partial charge in [0, 0.05) is 5.92 Å². The molecule has 6 fully saturated rings. The molecule has 6 saturated carbocycles. The Morgan fingerprint density at radius 3 is 2.19 bits per heavy atom. The summed E-state index contributed by atoms with van der Waals surface area (Å²) < 4.78 is 6.38. The highest BCUT2D eigenvalue weighted by Gasteiger charge is 2.64. The second kappa shape index (κ2) is 5.54. The van der Waals surface area contributed by atoms with E-state index in [1.165, 1.54) is 38.5 Å². The van der Waals surface area contributed by atoms with E-state index in [0.717, 1.165) is 53.8 Å². The van der Waals surface area contributed by atoms with Gasteiger partial charge in [-0.05, 0) is 118 Å². The third-order valence-electron chi connectivity index (χ3n) is 11.2. The summed E-state index contributed by atoms with van der Waals surface area (Å²) in [5, 5.41) is 0. The summed E-state index contributed by atoms with van der Waals surface area (Å²) in [5.41, 5.74) is -0.264. The molecular weight excluding hydrogens is 332 g/mol. The summed E-state index contributed by atoms with van der Waals surface area (Å²) in [7, 11) is 0. The van der Waals surface area contributed by atoms with E-state index >= 15 is 0 Å². The summed E-state index contributed by atoms with van der Waals surface area (Å²) in [4.78, 5) is 13.2. The number of esters is 1. The number of fused-ring (bicyclic) bond motifs is 11. The summed E-state index contributed by atoms with van der Waals surface area (Å²) in [6, 6.07) is 0. The lowest BCUT2D eigenvalue weighted by atomic mass is 9.64. The lowest BCUT2D eigenvalue weighted by Crippen LogP contribution is -2.46. The van der Waals surface area contributed by atoms with Crippen LogP contribution >= 0.6 is 0 Å². The topological polar surface area (TPSA) is 26.3 Å². The summed E-state index contributed by atoms with van der Waals surface area (Å²) in [6.45, 7) is 9.25. The monoisotopic (exact) mass is 370 g/mol. The third-order valence-corrected chi connectivity index (χ3v) is 11.2. The van der Waals surface area contributed by atoms with Crippen molar-refractivity contribution in [2.24, 2.45) is 71.0 Å². The van der Waals surface area contributed by atoms with Crippen LogP contribution in [0.4, 0.5) is 0 Å². The predicted molar refractivity (Wildman–Crippen MR) is 106 cm³/mol. The Labute approximate surface area is 165 Å². The molecule has 0 aromatic heterocycles. The first-order valence-corrected chi connectivity index (χ1v) is 12.1. The van der Waals surface area contributed by atoms with Crippen molar-refractivity contribution in [1.29, 1.82) is 0 Å². The van der Waals surface area contributed by atoms with Gasteiger partial charge in [-0.3, -0.25) is 4.79 Å². The van der Waals surface area contributed by atoms with E-state index in [1.807, 2.05) is 0 Å². The molecule has 0 aromatic rings. The molecule has 12 atom stereocenters. The van der Waals surface area contributed by atoms with Crippen LogP contribution in [0.25, 0.3) is 0 Å². The number of hydrogen-bond acceptors (Lipinski definition) is 2. The minimum Gasteiger partial charge on any atom is -0.459 e. The molecule has 27 heavy (non-hydrogen) atoms. The first kappa shape index (κ1) is 17.3. The molecule has 0 aromatic carbocycles. The van der Waals surface area contributed by atoms with E-state index in [0.29, 0.717) is 17.8 Å². The number of carbonyl (C=O) groups excluding carboxylic acids is 1. The molecule has 6 bridgehead atoms. The van der Waals surface area contributed by atoms with Crippen molar-refractivity contribution in [1.82, 2.24) is 0 Å². The van der Waals surface area contributed by atoms with Crippen molar-refractivity contribution in [3.05, 3.63) is 0 Å². The first-order chi connectivity index (χ1) is 12.8. The van der Waals surface area contributed by atoms with Crippen molar-refractivity contribution in [3.8, 4) is 0 Å². The summed E-state index contributed by atoms with van der Waals surface area (Å²) in [5.74, 6) is 9.68. The van der Waals surface area contributed by atoms with Crippen molar-refractivity contribution >= 4 is 5.97 Å². The highest BCUT2D eigenvalue weighted by molar-refractivity contribution is 5.74. The van der Waals surface area contributed by atoms with E-state index < -0.39 is 0 Å². The number of ether oxygens (including phenoxy) is 1. The zero-order chi connectivity index (χ0) is 18.7. The van der Waals surface area contributed by atoms with Gasteiger partial charge < -0.3 is 4.74 Å². The third kappa shape index (κ3) is 2.22. The Hall–Kier alpha value is -0.530. The molecule has 0 saturated heterocycles. The maximum absolute atomic E-state index is 13.2. The zero-order valence-corrected chi connectivity index (χ0v) is 17.7. The first-order valence-electron chi connectivity index (χ1n) is 12.1. The second-order valence-corrected chi connectivity index (χ2v) is 12.2. The number of rotatable bonds is 3. The van der Waals surface area contributed by atoms with Gasteiger partial charge in [0.1, 0.15) is 5.60 Å². The molecule has 12 unspecified atom stereocenters. The standard InChI is InChI=1S/C25H38O2/c1-12-13(2)18-8-16(12)9-19(18)24(26)27-25(3,4)21-11-17-10-20(21)23-15-6-5-14(7-15)22(17)23/h12-23H,5-11H2,1-4H3. The summed E-state index contributed by atoms with van der Waals surface area (Å²) in [6.07, 6.45) is 9.66. The Bertz CT molecular complexity index is 651. The minimum atomic E-state index is -0.264. The van der Waals surface area contributed by atoms with Gasteiger partial charge in [-0.15, -0.1) is 0 Å². The number of hydrogen-bond donors (Lipinski definition) is 0. The Morgan fingerprint density at radius 2 is 1.48 bits per heavy atom. The van der Waals surface area contributed by atoms with Crippen LogP contribution in [-0.2, 0) is 9.53 Å². The maximum Gasteiger partial charge on any atom is 0.309 e. The van der Waals surface area contributed by atoms with Crippen molar-refractivity contribution in [2.75, 3.05) is 0 Å². The molecule has 0 radical (unpaired) electrons. The molecule has 0 N–H and O–H groups in total. The van der Waals surface area contributed by atoms with Crippen LogP contribution in [0, 0.1) is 71.0 Å². The van der Waals surface area contributed by atoms with Crippen LogP contribution in [-0.4, -0.2) is 11.6 Å². The fourth-order valence-electron chi connectivity index (χ4n) is 9.99. The van der Waals surface area contributed by atoms with E-state index in [4.69, 9.17) is 4.74 Å². The van der Waals surface area contributed by atoms with E-state index in [-0.39, 0.29) is 17.5 Å². The molecule has 0 aliphatic heterocycles. The molecule has 0 heterocycles. The Morgan fingerprint density at radius 1 is 0.778 bits per heavy atom. The average Bonchev–Trinajstić information content (AvgIpc) is 3.44. The van der Waals surface area contributed by atoms with Crippen LogP contribution in [0.3, 0.4) is 0 Å². The molecule has 150 valence electrons. The van der Waals surface area contributed by atoms with Crippen LogP contribution in [0.5, 0.6) is 0 Å². The summed E-state index contributed by atoms with van der Waals surface area (Å²) >= 11 is 0. The minimum absolute atomic E-state index is 0.151. The molecule has 2 heteroatoms. The van der Waals surface area contributed by atoms with Gasteiger partial charge >= 0.3 is 5.97 Å². The zero-order valence-electron chi connectivity index (χ0n) is 17.7. The van der Waals surface area contributed by atoms with Gasteiger partial charge in [0.15, 0.2) is 0 Å². The largest absolute Gasteiger partial charge is 0.459 e. The molecule has 6 rings (SSSR count). The van der Waals surface area contributed by atoms with Gasteiger partial charge in [-0.2, -0.15) is 0 Å². The van der Waals surface area contributed by atoms with Crippen LogP contribution < -0.4 is 0 Å². The van der Waals surface area contributed by atoms with Crippen LogP contribution in [0.2, 0.25) is 0 Å². The highest BCUT2D eigenvalue weighted by Crippen LogP contribution is 2.70. The lowest BCUT2D eigenvalue weighted by molar-refractivity contribution is -0.173. The van der Waals surface area contributed by atoms with E-state index in [2.05, 4.69) is 27.7 Å². The molecule has 2 nitrogen and oxygen atoms in total. The van der Waals surface area contributed by atoms with E-state index in [1.54, 1.807) is 0 Å². The Balaban J connectivity index is 1.16. The molecule has 6 aliphatic rings. The molecule has 0 spiro atoms. The molecule has 0 amide bonds. The fourth-order valence-corrected chi connectivity index (χ4v) is 9.99. The van der Waals surface area contributed by atoms with Crippen molar-refractivity contribution < 1.29 is 9.53 Å². The lowest BCUT2D eigenvalue weighted by Gasteiger charge is -2.45. The van der Waals surface area contributed by atoms with Gasteiger partial charge in [0.05, 0.1) is 5.92 Å². The second-order valence-electron chi connectivity index (χ2n) is 12.2. The Kier molecular flexibility index (Phi) is 3.56. The highest BCUT2D eigenvalue weighted by atomic mass is 16.6. The predicted octanol–water partition coefficient (Wildman–Crippen LogP) is 5.55. The SMILES string of the molecule is CC1C2CC(C(=O)OC(C)(C)C3CC4CC3C3C5CCC(C5)C43)C(C2)C1C. The van der Waals surface area contributed by atoms with Crippen LogP contribution in [0.15, 0.2) is 0 Å². The normalized spacial score (nSPS) is 57.5. The molecule has 6 aliphatic carbocycles. The van der Waals surface area contributed by atoms with Crippen molar-refractivity contribution in [2.45, 2.75) is 78.2 Å². The maximum atomic E-state index is 13.2. The van der Waals surface area contributed by atoms with Crippen LogP contribution in [0.1, 0.15) is 72.6 Å². The van der Waals surface area contributed by atoms with Crippen molar-refractivity contribution in [3.63, 3.8) is 0 Å². The number of carbonyl (C=O) groups is 1.